The molecule has 0 unspecified atom stereocenters. The number of hydrogen-bond acceptors (Lipinski definition) is 4. The van der Waals surface area contributed by atoms with Gasteiger partial charge in [-0.2, -0.15) is 13.2 Å². The molecule has 0 amide bonds. The minimum absolute atomic E-state index is 0.254. The Morgan fingerprint density at radius 3 is 2.20 bits per heavy atom. The average molecular weight is 282 g/mol. The summed E-state index contributed by atoms with van der Waals surface area (Å²) in [5, 5.41) is 9.52. The smallest absolute Gasteiger partial charge is 0.339 e. The molecule has 0 atom stereocenters. The summed E-state index contributed by atoms with van der Waals surface area (Å²) in [6.45, 7) is 0.567. The lowest BCUT2D eigenvalue weighted by molar-refractivity contribution is -0.141. The highest BCUT2D eigenvalue weighted by Gasteiger charge is 2.32. The fourth-order valence-corrected chi connectivity index (χ4v) is 1.62. The third kappa shape index (κ3) is 3.67. The Labute approximate surface area is 113 Å². The first-order valence-corrected chi connectivity index (χ1v) is 5.96. The van der Waals surface area contributed by atoms with E-state index in [1.165, 1.54) is 6.07 Å². The number of rotatable bonds is 4. The maximum atomic E-state index is 12.3. The SMILES string of the molecule is NCCc1ccc(Nc2ccc(C(F)(F)F)nn2)cc1. The van der Waals surface area contributed by atoms with Crippen LogP contribution in [0.15, 0.2) is 36.4 Å². The van der Waals surface area contributed by atoms with Gasteiger partial charge in [-0.15, -0.1) is 10.2 Å². The van der Waals surface area contributed by atoms with Crippen LogP contribution < -0.4 is 11.1 Å². The molecule has 0 aliphatic carbocycles. The van der Waals surface area contributed by atoms with Crippen molar-refractivity contribution in [1.82, 2.24) is 10.2 Å². The lowest BCUT2D eigenvalue weighted by Gasteiger charge is -2.08. The summed E-state index contributed by atoms with van der Waals surface area (Å²) in [7, 11) is 0. The van der Waals surface area contributed by atoms with Crippen LogP contribution in [-0.2, 0) is 12.6 Å². The van der Waals surface area contributed by atoms with E-state index in [0.29, 0.717) is 6.54 Å². The van der Waals surface area contributed by atoms with Gasteiger partial charge in [0.15, 0.2) is 11.5 Å². The van der Waals surface area contributed by atoms with Crippen molar-refractivity contribution < 1.29 is 13.2 Å². The van der Waals surface area contributed by atoms with Crippen molar-refractivity contribution in [2.45, 2.75) is 12.6 Å². The molecular weight excluding hydrogens is 269 g/mol. The number of nitrogens with zero attached hydrogens (tertiary/aromatic N) is 2. The molecule has 0 spiro atoms. The molecule has 0 fully saturated rings. The summed E-state index contributed by atoms with van der Waals surface area (Å²) in [6.07, 6.45) is -3.70. The summed E-state index contributed by atoms with van der Waals surface area (Å²) >= 11 is 0. The fraction of sp³-hybridized carbons (Fsp3) is 0.231. The van der Waals surface area contributed by atoms with Gasteiger partial charge in [0, 0.05) is 5.69 Å². The highest BCUT2D eigenvalue weighted by molar-refractivity contribution is 5.55. The van der Waals surface area contributed by atoms with Gasteiger partial charge in [0.1, 0.15) is 0 Å². The van der Waals surface area contributed by atoms with E-state index in [2.05, 4.69) is 15.5 Å². The molecule has 1 aromatic heterocycles. The monoisotopic (exact) mass is 282 g/mol. The van der Waals surface area contributed by atoms with E-state index in [9.17, 15) is 13.2 Å². The van der Waals surface area contributed by atoms with Crippen molar-refractivity contribution in [3.63, 3.8) is 0 Å². The van der Waals surface area contributed by atoms with Gasteiger partial charge in [0.2, 0.25) is 0 Å². The zero-order valence-electron chi connectivity index (χ0n) is 10.5. The van der Waals surface area contributed by atoms with Crippen LogP contribution in [0.4, 0.5) is 24.7 Å². The normalized spacial score (nSPS) is 11.4. The van der Waals surface area contributed by atoms with Crippen LogP contribution in [0.5, 0.6) is 0 Å². The third-order valence-electron chi connectivity index (χ3n) is 2.61. The number of alkyl halides is 3. The summed E-state index contributed by atoms with van der Waals surface area (Å²) < 4.78 is 37.0. The quantitative estimate of drug-likeness (QED) is 0.905. The van der Waals surface area contributed by atoms with Crippen LogP contribution in [0.3, 0.4) is 0 Å². The molecule has 2 aromatic rings. The van der Waals surface area contributed by atoms with Crippen molar-refractivity contribution in [3.8, 4) is 0 Å². The summed E-state index contributed by atoms with van der Waals surface area (Å²) in [5.41, 5.74) is 6.25. The van der Waals surface area contributed by atoms with E-state index in [4.69, 9.17) is 5.73 Å². The number of hydrogen-bond donors (Lipinski definition) is 2. The van der Waals surface area contributed by atoms with E-state index in [1.54, 1.807) is 0 Å². The molecule has 0 aliphatic rings. The number of aromatic nitrogens is 2. The van der Waals surface area contributed by atoms with Gasteiger partial charge < -0.3 is 11.1 Å². The summed E-state index contributed by atoms with van der Waals surface area (Å²) in [5.74, 6) is 0.254. The van der Waals surface area contributed by atoms with Crippen molar-refractivity contribution in [2.24, 2.45) is 5.73 Å². The largest absolute Gasteiger partial charge is 0.435 e. The highest BCUT2D eigenvalue weighted by Crippen LogP contribution is 2.27. The highest BCUT2D eigenvalue weighted by atomic mass is 19.4. The standard InChI is InChI=1S/C13H13F3N4/c14-13(15,16)11-5-6-12(20-19-11)18-10-3-1-9(2-4-10)7-8-17/h1-6H,7-8,17H2,(H,18,20). The second kappa shape index (κ2) is 5.87. The van der Waals surface area contributed by atoms with Gasteiger partial charge in [-0.05, 0) is 42.8 Å². The predicted octanol–water partition coefficient (Wildman–Crippen LogP) is 2.74. The molecule has 20 heavy (non-hydrogen) atoms. The first kappa shape index (κ1) is 14.3. The second-order valence-corrected chi connectivity index (χ2v) is 4.16. The Hall–Kier alpha value is -2.15. The fourth-order valence-electron chi connectivity index (χ4n) is 1.62. The van der Waals surface area contributed by atoms with Crippen molar-refractivity contribution in [2.75, 3.05) is 11.9 Å². The van der Waals surface area contributed by atoms with Gasteiger partial charge in [-0.1, -0.05) is 12.1 Å². The van der Waals surface area contributed by atoms with Crippen LogP contribution in [0.1, 0.15) is 11.3 Å². The van der Waals surface area contributed by atoms with Crippen molar-refractivity contribution in [1.29, 1.82) is 0 Å². The minimum atomic E-state index is -4.48. The maximum absolute atomic E-state index is 12.3. The summed E-state index contributed by atoms with van der Waals surface area (Å²) in [4.78, 5) is 0. The molecule has 106 valence electrons. The first-order valence-electron chi connectivity index (χ1n) is 5.96. The molecule has 3 N–H and O–H groups in total. The number of halogens is 3. The van der Waals surface area contributed by atoms with Gasteiger partial charge in [0.05, 0.1) is 0 Å². The van der Waals surface area contributed by atoms with E-state index < -0.39 is 11.9 Å². The Kier molecular flexibility index (Phi) is 4.19. The molecule has 0 saturated carbocycles. The van der Waals surface area contributed by atoms with E-state index >= 15 is 0 Å². The molecule has 4 nitrogen and oxygen atoms in total. The van der Waals surface area contributed by atoms with E-state index in [1.807, 2.05) is 24.3 Å². The second-order valence-electron chi connectivity index (χ2n) is 4.16. The maximum Gasteiger partial charge on any atom is 0.435 e. The molecule has 7 heteroatoms. The number of anilines is 2. The topological polar surface area (TPSA) is 63.8 Å². The molecule has 0 saturated heterocycles. The Morgan fingerprint density at radius 2 is 1.70 bits per heavy atom. The lowest BCUT2D eigenvalue weighted by atomic mass is 10.1. The number of benzene rings is 1. The number of nitrogens with one attached hydrogen (secondary N) is 1. The first-order chi connectivity index (χ1) is 9.49. The van der Waals surface area contributed by atoms with E-state index in [0.717, 1.165) is 23.7 Å². The van der Waals surface area contributed by atoms with Gasteiger partial charge in [0.25, 0.3) is 0 Å². The minimum Gasteiger partial charge on any atom is -0.339 e. The van der Waals surface area contributed by atoms with Crippen LogP contribution in [-0.4, -0.2) is 16.7 Å². The zero-order chi connectivity index (χ0) is 14.6. The van der Waals surface area contributed by atoms with Crippen molar-refractivity contribution >= 4 is 11.5 Å². The Balaban J connectivity index is 2.06. The molecule has 0 aliphatic heterocycles. The van der Waals surface area contributed by atoms with Crippen molar-refractivity contribution in [3.05, 3.63) is 47.7 Å². The van der Waals surface area contributed by atoms with Crippen LogP contribution in [0.2, 0.25) is 0 Å². The van der Waals surface area contributed by atoms with E-state index in [-0.39, 0.29) is 5.82 Å². The predicted molar refractivity (Wildman–Crippen MR) is 69.5 cm³/mol. The van der Waals surface area contributed by atoms with Gasteiger partial charge >= 0.3 is 6.18 Å². The zero-order valence-corrected chi connectivity index (χ0v) is 10.5. The van der Waals surface area contributed by atoms with Crippen LogP contribution in [0, 0.1) is 0 Å². The average Bonchev–Trinajstić information content (AvgIpc) is 2.41. The molecule has 2 rings (SSSR count). The molecule has 1 heterocycles. The van der Waals surface area contributed by atoms with Gasteiger partial charge in [-0.3, -0.25) is 0 Å². The molecular formula is C13H13F3N4. The Morgan fingerprint density at radius 1 is 1.00 bits per heavy atom. The molecule has 0 bridgehead atoms. The third-order valence-corrected chi connectivity index (χ3v) is 2.61. The van der Waals surface area contributed by atoms with Crippen LogP contribution in [0.25, 0.3) is 0 Å². The van der Waals surface area contributed by atoms with Gasteiger partial charge in [-0.25, -0.2) is 0 Å². The molecule has 0 radical (unpaired) electrons. The van der Waals surface area contributed by atoms with Crippen LogP contribution >= 0.6 is 0 Å². The summed E-state index contributed by atoms with van der Waals surface area (Å²) in [6, 6.07) is 9.54. The molecule has 1 aromatic carbocycles. The lowest BCUT2D eigenvalue weighted by Crippen LogP contribution is -2.09. The Bertz CT molecular complexity index is 549. The number of nitrogens with two attached hydrogens (primary N) is 1.